The van der Waals surface area contributed by atoms with Gasteiger partial charge in [0, 0.05) is 29.8 Å². The number of aromatic nitrogens is 3. The molecule has 0 spiro atoms. The summed E-state index contributed by atoms with van der Waals surface area (Å²) in [5.74, 6) is 0.476. The summed E-state index contributed by atoms with van der Waals surface area (Å²) < 4.78 is 1.74. The number of amides is 1. The molecule has 2 N–H and O–H groups in total. The summed E-state index contributed by atoms with van der Waals surface area (Å²) in [5.41, 5.74) is 4.00. The monoisotopic (exact) mass is 383 g/mol. The van der Waals surface area contributed by atoms with Crippen molar-refractivity contribution in [2.24, 2.45) is 5.92 Å². The number of carbonyl (C=O) groups excluding carboxylic acids is 1. The predicted octanol–water partition coefficient (Wildman–Crippen LogP) is 4.01. The van der Waals surface area contributed by atoms with Crippen molar-refractivity contribution in [2.45, 2.75) is 32.7 Å². The van der Waals surface area contributed by atoms with E-state index in [0.29, 0.717) is 22.7 Å². The maximum absolute atomic E-state index is 12.2. The fraction of sp³-hybridized carbons (Fsp3) is 0.350. The lowest BCUT2D eigenvalue weighted by Gasteiger charge is -2.11. The molecular formula is C20H22ClN5O. The van der Waals surface area contributed by atoms with Gasteiger partial charge in [-0.2, -0.15) is 5.10 Å². The Hall–Kier alpha value is -2.60. The van der Waals surface area contributed by atoms with Gasteiger partial charge in [-0.3, -0.25) is 4.79 Å². The van der Waals surface area contributed by atoms with E-state index < -0.39 is 0 Å². The van der Waals surface area contributed by atoms with Gasteiger partial charge in [0.1, 0.15) is 0 Å². The Kier molecular flexibility index (Phi) is 4.74. The predicted molar refractivity (Wildman–Crippen MR) is 107 cm³/mol. The third-order valence-electron chi connectivity index (χ3n) is 4.49. The zero-order chi connectivity index (χ0) is 19.0. The molecule has 1 amide bonds. The molecule has 1 aliphatic rings. The number of hydrogen-bond donors (Lipinski definition) is 2. The minimum atomic E-state index is -0.0245. The number of carbonyl (C=O) groups is 1. The zero-order valence-corrected chi connectivity index (χ0v) is 16.1. The number of halogens is 1. The van der Waals surface area contributed by atoms with E-state index >= 15 is 0 Å². The van der Waals surface area contributed by atoms with Crippen LogP contribution in [0.25, 0.3) is 16.9 Å². The SMILES string of the molecule is CC(C)CNc1cc(Cl)nn2c(-c3ccc(C(=O)NC4CC4)cc3)cnc12. The van der Waals surface area contributed by atoms with E-state index in [1.807, 2.05) is 24.3 Å². The van der Waals surface area contributed by atoms with Crippen LogP contribution in [0.1, 0.15) is 37.0 Å². The highest BCUT2D eigenvalue weighted by Crippen LogP contribution is 2.26. The average Bonchev–Trinajstić information content (AvgIpc) is 3.36. The molecule has 140 valence electrons. The Morgan fingerprint density at radius 3 is 2.70 bits per heavy atom. The van der Waals surface area contributed by atoms with Gasteiger partial charge in [0.05, 0.1) is 17.6 Å². The molecule has 0 saturated heterocycles. The summed E-state index contributed by atoms with van der Waals surface area (Å²) in [7, 11) is 0. The van der Waals surface area contributed by atoms with Crippen LogP contribution >= 0.6 is 11.6 Å². The van der Waals surface area contributed by atoms with Crippen LogP contribution < -0.4 is 10.6 Å². The summed E-state index contributed by atoms with van der Waals surface area (Å²) in [4.78, 5) is 16.7. The molecule has 27 heavy (non-hydrogen) atoms. The van der Waals surface area contributed by atoms with Crippen molar-refractivity contribution in [1.29, 1.82) is 0 Å². The number of fused-ring (bicyclic) bond motifs is 1. The van der Waals surface area contributed by atoms with Gasteiger partial charge in [-0.05, 0) is 30.9 Å². The number of hydrogen-bond acceptors (Lipinski definition) is 4. The fourth-order valence-corrected chi connectivity index (χ4v) is 3.05. The normalized spacial score (nSPS) is 13.9. The third kappa shape index (κ3) is 3.90. The molecule has 6 nitrogen and oxygen atoms in total. The van der Waals surface area contributed by atoms with E-state index in [9.17, 15) is 4.79 Å². The molecule has 7 heteroatoms. The standard InChI is InChI=1S/C20H22ClN5O/c1-12(2)10-22-16-9-18(21)25-26-17(11-23-19(16)26)13-3-5-14(6-4-13)20(27)24-15-7-8-15/h3-6,9,11-12,15,22H,7-8,10H2,1-2H3,(H,24,27). The van der Waals surface area contributed by atoms with Crippen LogP contribution in [0.3, 0.4) is 0 Å². The Morgan fingerprint density at radius 1 is 1.30 bits per heavy atom. The van der Waals surface area contributed by atoms with Crippen LogP contribution in [0.5, 0.6) is 0 Å². The molecule has 0 bridgehead atoms. The minimum Gasteiger partial charge on any atom is -0.382 e. The Balaban J connectivity index is 1.64. The Morgan fingerprint density at radius 2 is 2.04 bits per heavy atom. The molecule has 0 unspecified atom stereocenters. The third-order valence-corrected chi connectivity index (χ3v) is 4.68. The molecule has 1 fully saturated rings. The molecule has 3 aromatic rings. The molecule has 0 aliphatic heterocycles. The number of benzene rings is 1. The average molecular weight is 384 g/mol. The van der Waals surface area contributed by atoms with Crippen LogP contribution in [0.2, 0.25) is 5.15 Å². The highest BCUT2D eigenvalue weighted by Gasteiger charge is 2.23. The van der Waals surface area contributed by atoms with Crippen LogP contribution in [0.15, 0.2) is 36.5 Å². The van der Waals surface area contributed by atoms with Crippen LogP contribution in [0.4, 0.5) is 5.69 Å². The van der Waals surface area contributed by atoms with Crippen LogP contribution in [0, 0.1) is 5.92 Å². The van der Waals surface area contributed by atoms with Crippen LogP contribution in [-0.4, -0.2) is 33.1 Å². The molecule has 1 saturated carbocycles. The van der Waals surface area contributed by atoms with E-state index in [4.69, 9.17) is 11.6 Å². The lowest BCUT2D eigenvalue weighted by atomic mass is 10.1. The topological polar surface area (TPSA) is 71.3 Å². The Labute approximate surface area is 162 Å². The summed E-state index contributed by atoms with van der Waals surface area (Å²) in [6, 6.07) is 9.62. The van der Waals surface area contributed by atoms with Gasteiger partial charge in [-0.1, -0.05) is 37.6 Å². The lowest BCUT2D eigenvalue weighted by molar-refractivity contribution is 0.0951. The van der Waals surface area contributed by atoms with Gasteiger partial charge in [-0.25, -0.2) is 9.50 Å². The number of nitrogens with zero attached hydrogens (tertiary/aromatic N) is 3. The molecular weight excluding hydrogens is 362 g/mol. The van der Waals surface area contributed by atoms with Gasteiger partial charge in [-0.15, -0.1) is 0 Å². The van der Waals surface area contributed by atoms with E-state index in [1.165, 1.54) is 0 Å². The second-order valence-electron chi connectivity index (χ2n) is 7.36. The van der Waals surface area contributed by atoms with E-state index in [0.717, 1.165) is 42.0 Å². The molecule has 1 aliphatic carbocycles. The molecule has 0 atom stereocenters. The maximum Gasteiger partial charge on any atom is 0.251 e. The van der Waals surface area contributed by atoms with Crippen molar-refractivity contribution < 1.29 is 4.79 Å². The van der Waals surface area contributed by atoms with Crippen molar-refractivity contribution in [2.75, 3.05) is 11.9 Å². The van der Waals surface area contributed by atoms with Gasteiger partial charge in [0.25, 0.3) is 5.91 Å². The number of imidazole rings is 1. The lowest BCUT2D eigenvalue weighted by Crippen LogP contribution is -2.25. The quantitative estimate of drug-likeness (QED) is 0.674. The van der Waals surface area contributed by atoms with E-state index in [-0.39, 0.29) is 5.91 Å². The molecule has 2 aromatic heterocycles. The van der Waals surface area contributed by atoms with Crippen molar-refractivity contribution in [1.82, 2.24) is 19.9 Å². The second-order valence-corrected chi connectivity index (χ2v) is 7.75. The first-order chi connectivity index (χ1) is 13.0. The smallest absolute Gasteiger partial charge is 0.251 e. The summed E-state index contributed by atoms with van der Waals surface area (Å²) in [6.45, 7) is 5.11. The number of anilines is 1. The molecule has 0 radical (unpaired) electrons. The summed E-state index contributed by atoms with van der Waals surface area (Å²) in [5, 5.41) is 11.2. The van der Waals surface area contributed by atoms with E-state index in [2.05, 4.69) is 34.6 Å². The highest BCUT2D eigenvalue weighted by molar-refractivity contribution is 6.29. The van der Waals surface area contributed by atoms with Crippen molar-refractivity contribution in [3.05, 3.63) is 47.2 Å². The Bertz CT molecular complexity index is 976. The van der Waals surface area contributed by atoms with Crippen molar-refractivity contribution in [3.8, 4) is 11.3 Å². The first kappa shape index (κ1) is 17.8. The first-order valence-electron chi connectivity index (χ1n) is 9.20. The molecule has 2 heterocycles. The number of rotatable bonds is 6. The van der Waals surface area contributed by atoms with Gasteiger partial charge in [0.2, 0.25) is 0 Å². The largest absolute Gasteiger partial charge is 0.382 e. The minimum absolute atomic E-state index is 0.0245. The van der Waals surface area contributed by atoms with Gasteiger partial charge >= 0.3 is 0 Å². The summed E-state index contributed by atoms with van der Waals surface area (Å²) >= 11 is 6.22. The maximum atomic E-state index is 12.2. The van der Waals surface area contributed by atoms with Crippen LogP contribution in [-0.2, 0) is 0 Å². The van der Waals surface area contributed by atoms with Crippen molar-refractivity contribution >= 4 is 28.8 Å². The second kappa shape index (κ2) is 7.19. The summed E-state index contributed by atoms with van der Waals surface area (Å²) in [6.07, 6.45) is 3.93. The van der Waals surface area contributed by atoms with Gasteiger partial charge in [0.15, 0.2) is 10.8 Å². The van der Waals surface area contributed by atoms with Gasteiger partial charge < -0.3 is 10.6 Å². The van der Waals surface area contributed by atoms with Crippen molar-refractivity contribution in [3.63, 3.8) is 0 Å². The molecule has 4 rings (SSSR count). The fourth-order valence-electron chi connectivity index (χ4n) is 2.87. The highest BCUT2D eigenvalue weighted by atomic mass is 35.5. The van der Waals surface area contributed by atoms with E-state index in [1.54, 1.807) is 16.8 Å². The first-order valence-corrected chi connectivity index (χ1v) is 9.58. The molecule has 1 aromatic carbocycles. The zero-order valence-electron chi connectivity index (χ0n) is 15.4. The number of nitrogens with one attached hydrogen (secondary N) is 2.